The lowest BCUT2D eigenvalue weighted by atomic mass is 9.98. The molecule has 4 fully saturated rings. The SMILES string of the molecule is CC(O)C1NC(=O)[C@@H](NC(=O)c2ccc(-c3cn4nc(-c5ccc(OC6CCCCC6)cc5)sc4n3)cc2)CC(O)CNC(=O)C2C(O)C(C)CN2C(=O)C(C(O)CC(N)=O)NC(=O)C(C(O)Cc2ccc(O)c(OSOOO)c2)NC(=O)C2CC(O)CN2C1=O. The Morgan fingerprint density at radius 2 is 1.48 bits per heavy atom. The van der Waals surface area contributed by atoms with E-state index in [9.17, 15) is 74.1 Å². The zero-order valence-electron chi connectivity index (χ0n) is 49.1. The minimum absolute atomic E-state index is 0.00710. The molecule has 4 aliphatic rings. The number of β-amino-alcohol motifs (C(OH)–C–C–N with tert-alkyl or cyclic N) is 1. The Kier molecular flexibility index (Phi) is 22.1. The van der Waals surface area contributed by atoms with E-state index in [1.165, 1.54) is 42.9 Å². The number of benzene rings is 3. The van der Waals surface area contributed by atoms with Crippen LogP contribution in [0.1, 0.15) is 81.1 Å². The van der Waals surface area contributed by atoms with E-state index in [-0.39, 0.29) is 35.3 Å². The Morgan fingerprint density at radius 1 is 0.802 bits per heavy atom. The number of nitrogens with two attached hydrogens (primary N) is 1. The van der Waals surface area contributed by atoms with Crippen LogP contribution in [0.2, 0.25) is 0 Å². The lowest BCUT2D eigenvalue weighted by molar-refractivity contribution is -0.433. The number of fused-ring (bicyclic) bond motifs is 3. The number of carbonyl (C=O) groups is 8. The van der Waals surface area contributed by atoms with E-state index in [4.69, 9.17) is 30.0 Å². The summed E-state index contributed by atoms with van der Waals surface area (Å²) in [5, 5.41) is 108. The van der Waals surface area contributed by atoms with Gasteiger partial charge in [-0.1, -0.05) is 52.3 Å². The number of hydrogen-bond acceptors (Lipinski definition) is 24. The number of amides is 8. The minimum atomic E-state index is -2.22. The number of imidazole rings is 1. The maximum Gasteiger partial charge on any atom is 0.261 e. The molecule has 3 saturated heterocycles. The predicted molar refractivity (Wildman–Crippen MR) is 319 cm³/mol. The van der Waals surface area contributed by atoms with Crippen molar-refractivity contribution in [3.63, 3.8) is 0 Å². The molecule has 1 aliphatic carbocycles. The number of nitrogens with zero attached hydrogens (tertiary/aromatic N) is 5. The molecule has 490 valence electrons. The molecule has 8 amide bonds. The summed E-state index contributed by atoms with van der Waals surface area (Å²) in [5.41, 5.74) is 7.50. The van der Waals surface area contributed by atoms with Crippen LogP contribution in [0.15, 0.2) is 72.9 Å². The van der Waals surface area contributed by atoms with Crippen LogP contribution in [0, 0.1) is 5.92 Å². The molecule has 3 aliphatic heterocycles. The van der Waals surface area contributed by atoms with Gasteiger partial charge in [-0.15, -0.1) is 0 Å². The highest BCUT2D eigenvalue weighted by atomic mass is 32.2. The maximum atomic E-state index is 14.7. The zero-order chi connectivity index (χ0) is 65.4. The van der Waals surface area contributed by atoms with Crippen molar-refractivity contribution in [3.05, 3.63) is 84.1 Å². The van der Waals surface area contributed by atoms with Crippen molar-refractivity contribution in [2.75, 3.05) is 19.6 Å². The van der Waals surface area contributed by atoms with E-state index in [0.717, 1.165) is 70.9 Å². The van der Waals surface area contributed by atoms with Crippen molar-refractivity contribution in [2.45, 2.75) is 151 Å². The van der Waals surface area contributed by atoms with Crippen molar-refractivity contribution < 1.29 is 97.7 Å². The number of phenols is 1. The van der Waals surface area contributed by atoms with Crippen LogP contribution in [0.3, 0.4) is 0 Å². The number of aromatic nitrogens is 3. The number of aliphatic hydroxyl groups is 6. The molecule has 33 heteroatoms. The minimum Gasteiger partial charge on any atom is -0.504 e. The first-order valence-electron chi connectivity index (χ1n) is 29.3. The van der Waals surface area contributed by atoms with Gasteiger partial charge < -0.3 is 86.8 Å². The molecule has 9 rings (SSSR count). The molecule has 12 unspecified atom stereocenters. The van der Waals surface area contributed by atoms with Crippen LogP contribution >= 0.6 is 23.7 Å². The number of hydrogen-bond donors (Lipinski definition) is 14. The van der Waals surface area contributed by atoms with Crippen molar-refractivity contribution in [1.82, 2.24) is 51.0 Å². The number of ether oxygens (including phenoxy) is 1. The van der Waals surface area contributed by atoms with E-state index >= 15 is 0 Å². The van der Waals surface area contributed by atoms with E-state index in [1.54, 1.807) is 22.8 Å². The topological polar surface area (TPSA) is 458 Å². The number of primary amides is 1. The van der Waals surface area contributed by atoms with Gasteiger partial charge in [0.15, 0.2) is 11.5 Å². The number of nitrogens with one attached hydrogen (secondary N) is 5. The lowest BCUT2D eigenvalue weighted by Gasteiger charge is -2.33. The van der Waals surface area contributed by atoms with E-state index in [0.29, 0.717) is 16.2 Å². The van der Waals surface area contributed by atoms with E-state index in [2.05, 4.69) is 36.0 Å². The molecule has 5 aromatic rings. The third-order valence-electron chi connectivity index (χ3n) is 16.2. The highest BCUT2D eigenvalue weighted by Gasteiger charge is 2.50. The Bertz CT molecular complexity index is 3410. The molecule has 0 radical (unpaired) electrons. The molecule has 15 N–H and O–H groups in total. The second-order valence-electron chi connectivity index (χ2n) is 23.0. The summed E-state index contributed by atoms with van der Waals surface area (Å²) in [5.74, 6) is -10.3. The number of carbonyl (C=O) groups excluding carboxylic acids is 8. The number of phenolic OH excluding ortho intramolecular Hbond substituents is 1. The standard InChI is InChI=1S/C58H71N11O20S2/c1-27-24-68-48(49(27)77)54(82)60-23-33(71)20-37(61-50(78)31-11-9-30(10-12-31)38-26-69-58(62-38)90-55(66-69)32-13-15-36(16-14-32)86-35-6-4-3-5-7-35)51(79)63-45(28(2)70)56(83)67-25-34(72)21-39(67)52(80)64-46(53(81)65-47(57(68)84)42(75)22-44(59)76)41(74)18-29-8-17-40(73)43(19-29)87-91-89-88-85/h8-17,19,26-28,33-35,37,39,41-42,45-49,70-75,77,85H,3-7,18,20-25H2,1-2H3,(H2,59,76)(H,60,82)(H,61,78)(H,63,79)(H,64,80)(H,65,81)/t27?,28?,33?,34?,37-,39?,41?,42?,45?,46?,47?,48?,49?/m0/s1. The summed E-state index contributed by atoms with van der Waals surface area (Å²) in [4.78, 5) is 121. The number of aromatic hydroxyl groups is 1. The summed E-state index contributed by atoms with van der Waals surface area (Å²) < 4.78 is 17.1. The van der Waals surface area contributed by atoms with Crippen LogP contribution in [-0.2, 0) is 49.4 Å². The van der Waals surface area contributed by atoms with E-state index < -0.39 is 177 Å². The number of rotatable bonds is 17. The second kappa shape index (κ2) is 29.9. The number of aliphatic hydroxyl groups excluding tert-OH is 6. The van der Waals surface area contributed by atoms with Crippen molar-refractivity contribution >= 4 is 75.9 Å². The van der Waals surface area contributed by atoms with Gasteiger partial charge >= 0.3 is 0 Å². The zero-order valence-corrected chi connectivity index (χ0v) is 50.7. The van der Waals surface area contributed by atoms with Gasteiger partial charge in [-0.2, -0.15) is 5.10 Å². The van der Waals surface area contributed by atoms with E-state index in [1.807, 2.05) is 24.3 Å². The van der Waals surface area contributed by atoms with Crippen LogP contribution in [-0.4, -0.2) is 211 Å². The highest BCUT2D eigenvalue weighted by molar-refractivity contribution is 7.90. The third kappa shape index (κ3) is 16.3. The first-order chi connectivity index (χ1) is 43.5. The van der Waals surface area contributed by atoms with Crippen molar-refractivity contribution in [1.29, 1.82) is 0 Å². The molecule has 31 nitrogen and oxygen atoms in total. The Morgan fingerprint density at radius 3 is 2.16 bits per heavy atom. The van der Waals surface area contributed by atoms with Gasteiger partial charge in [-0.25, -0.2) is 14.8 Å². The summed E-state index contributed by atoms with van der Waals surface area (Å²) in [6.07, 6.45) is -6.09. The maximum absolute atomic E-state index is 14.7. The average molecular weight is 1310 g/mol. The fourth-order valence-corrected chi connectivity index (χ4v) is 12.6. The second-order valence-corrected chi connectivity index (χ2v) is 24.4. The molecule has 0 bridgehead atoms. The molecule has 91 heavy (non-hydrogen) atoms. The molecule has 13 atom stereocenters. The normalized spacial score (nSPS) is 26.1. The Hall–Kier alpha value is -8.09. The Labute approximate surface area is 527 Å². The molecular weight excluding hydrogens is 1230 g/mol. The van der Waals surface area contributed by atoms with Crippen LogP contribution < -0.4 is 41.2 Å². The fourth-order valence-electron chi connectivity index (χ4n) is 11.5. The largest absolute Gasteiger partial charge is 0.504 e. The monoisotopic (exact) mass is 1310 g/mol. The molecule has 5 heterocycles. The summed E-state index contributed by atoms with van der Waals surface area (Å²) in [6.45, 7) is 0.865. The van der Waals surface area contributed by atoms with Gasteiger partial charge in [0.1, 0.15) is 47.0 Å². The average Bonchev–Trinajstić information content (AvgIpc) is 1.74. The lowest BCUT2D eigenvalue weighted by Crippen LogP contribution is -2.64. The first kappa shape index (κ1) is 67.3. The van der Waals surface area contributed by atoms with Gasteiger partial charge in [0.25, 0.3) is 18.2 Å². The molecule has 1 saturated carbocycles. The van der Waals surface area contributed by atoms with Crippen LogP contribution in [0.25, 0.3) is 26.8 Å². The molecule has 3 aromatic carbocycles. The third-order valence-corrected chi connectivity index (χ3v) is 17.6. The predicted octanol–water partition coefficient (Wildman–Crippen LogP) is -1.27. The smallest absolute Gasteiger partial charge is 0.261 e. The van der Waals surface area contributed by atoms with Crippen LogP contribution in [0.5, 0.6) is 17.2 Å². The summed E-state index contributed by atoms with van der Waals surface area (Å²) in [6, 6.07) is 5.66. The van der Waals surface area contributed by atoms with Gasteiger partial charge in [-0.3, -0.25) is 38.4 Å². The molecule has 2 aromatic heterocycles. The highest BCUT2D eigenvalue weighted by Crippen LogP contribution is 2.34. The van der Waals surface area contributed by atoms with Crippen LogP contribution in [0.4, 0.5) is 0 Å². The summed E-state index contributed by atoms with van der Waals surface area (Å²) in [7, 11) is 0. The summed E-state index contributed by atoms with van der Waals surface area (Å²) >= 11 is 1.42. The molecular formula is C58H71N11O20S2. The first-order valence-corrected chi connectivity index (χ1v) is 30.8. The van der Waals surface area contributed by atoms with Gasteiger partial charge in [-0.05, 0) is 86.7 Å². The Balaban J connectivity index is 0.981. The fraction of sp³-hybridized carbons (Fsp3) is 0.483. The van der Waals surface area contributed by atoms with Gasteiger partial charge in [0, 0.05) is 61.5 Å². The van der Waals surface area contributed by atoms with Gasteiger partial charge in [0.05, 0.1) is 61.0 Å². The van der Waals surface area contributed by atoms with Gasteiger partial charge in [0.2, 0.25) is 46.3 Å². The molecule has 0 spiro atoms. The quantitative estimate of drug-likeness (QED) is 0.0223. The van der Waals surface area contributed by atoms with Crippen molar-refractivity contribution in [3.8, 4) is 39.1 Å². The van der Waals surface area contributed by atoms with Crippen molar-refractivity contribution in [2.24, 2.45) is 11.7 Å².